The predicted octanol–water partition coefficient (Wildman–Crippen LogP) is 5.64. The summed E-state index contributed by atoms with van der Waals surface area (Å²) in [5, 5.41) is 0. The van der Waals surface area contributed by atoms with Gasteiger partial charge in [-0.1, -0.05) is 67.5 Å². The second-order valence-electron chi connectivity index (χ2n) is 5.91. The lowest BCUT2D eigenvalue weighted by molar-refractivity contribution is 0.604. The van der Waals surface area contributed by atoms with E-state index < -0.39 is 0 Å². The third kappa shape index (κ3) is 5.23. The van der Waals surface area contributed by atoms with Crippen LogP contribution in [0.2, 0.25) is 0 Å². The zero-order chi connectivity index (χ0) is 11.7. The van der Waals surface area contributed by atoms with E-state index in [2.05, 4.69) is 40.7 Å². The van der Waals surface area contributed by atoms with Crippen LogP contribution in [0.1, 0.15) is 52.3 Å². The summed E-state index contributed by atoms with van der Waals surface area (Å²) >= 11 is 5.03. The topological polar surface area (TPSA) is 0 Å². The van der Waals surface area contributed by atoms with Gasteiger partial charge in [-0.2, -0.15) is 0 Å². The zero-order valence-corrected chi connectivity index (χ0v) is 12.7. The van der Waals surface area contributed by atoms with Gasteiger partial charge in [-0.25, -0.2) is 0 Å². The molecule has 0 aliphatic heterocycles. The van der Waals surface area contributed by atoms with Crippen LogP contribution in [-0.4, -0.2) is 0 Å². The Kier molecular flexibility index (Phi) is 4.13. The van der Waals surface area contributed by atoms with Crippen LogP contribution in [0.4, 0.5) is 0 Å². The first kappa shape index (κ1) is 13.3. The van der Waals surface area contributed by atoms with E-state index in [9.17, 15) is 0 Å². The minimum Gasteiger partial charge on any atom is -0.0831 e. The number of hydrogen-bond donors (Lipinski definition) is 0. The van der Waals surface area contributed by atoms with Gasteiger partial charge in [-0.15, -0.1) is 0 Å². The molecule has 0 aromatic carbocycles. The van der Waals surface area contributed by atoms with Crippen LogP contribution < -0.4 is 0 Å². The van der Waals surface area contributed by atoms with Crippen LogP contribution in [0.25, 0.3) is 0 Å². The van der Waals surface area contributed by atoms with E-state index in [0.717, 1.165) is 9.24 Å². The predicted molar refractivity (Wildman–Crippen MR) is 74.7 cm³/mol. The number of rotatable bonds is 0. The molecule has 0 radical (unpaired) electrons. The minimum absolute atomic E-state index is 0.276. The highest BCUT2D eigenvalue weighted by molar-refractivity contribution is 7.79. The van der Waals surface area contributed by atoms with Crippen LogP contribution >= 0.6 is 32.9 Å². The van der Waals surface area contributed by atoms with Gasteiger partial charge in [0.05, 0.1) is 0 Å². The van der Waals surface area contributed by atoms with Gasteiger partial charge in [0.15, 0.2) is 0 Å². The standard InChI is InChI=1S/C7H10S3.C5H10/c1-7(2,3)5-4-6(8)10-9-5;1-5(2)3-4-5/h4H,1-3H3;3-4H2,1-2H3. The third-order valence-corrected chi connectivity index (χ3v) is 5.74. The third-order valence-electron chi connectivity index (χ3n) is 2.45. The SMILES string of the molecule is CC(C)(C)c1cc(=S)ss1.CC1(C)CC1. The van der Waals surface area contributed by atoms with Gasteiger partial charge in [0.1, 0.15) is 3.82 Å². The maximum absolute atomic E-state index is 5.03. The van der Waals surface area contributed by atoms with Gasteiger partial charge < -0.3 is 0 Å². The van der Waals surface area contributed by atoms with Crippen LogP contribution in [0.5, 0.6) is 0 Å². The highest BCUT2D eigenvalue weighted by Gasteiger charge is 2.30. The molecule has 0 nitrogen and oxygen atoms in total. The molecule has 1 aliphatic carbocycles. The van der Waals surface area contributed by atoms with Gasteiger partial charge in [-0.05, 0) is 29.7 Å². The number of hydrogen-bond acceptors (Lipinski definition) is 3. The summed E-state index contributed by atoms with van der Waals surface area (Å²) in [6, 6.07) is 2.10. The maximum atomic E-state index is 5.03. The van der Waals surface area contributed by atoms with Crippen molar-refractivity contribution in [1.29, 1.82) is 0 Å². The van der Waals surface area contributed by atoms with E-state index in [0.29, 0.717) is 0 Å². The van der Waals surface area contributed by atoms with Gasteiger partial charge in [0.25, 0.3) is 0 Å². The molecule has 0 spiro atoms. The molecule has 0 amide bonds. The van der Waals surface area contributed by atoms with E-state index in [1.165, 1.54) is 17.7 Å². The molecule has 2 rings (SSSR count). The van der Waals surface area contributed by atoms with E-state index in [-0.39, 0.29) is 5.41 Å². The van der Waals surface area contributed by atoms with Crippen molar-refractivity contribution in [1.82, 2.24) is 0 Å². The van der Waals surface area contributed by atoms with Crippen molar-refractivity contribution in [2.45, 2.75) is 52.9 Å². The van der Waals surface area contributed by atoms with Crippen LogP contribution in [0.3, 0.4) is 0 Å². The molecule has 1 fully saturated rings. The smallest absolute Gasteiger partial charge is 0.0831 e. The van der Waals surface area contributed by atoms with Crippen molar-refractivity contribution in [3.8, 4) is 0 Å². The second kappa shape index (κ2) is 4.64. The Bertz CT molecular complexity index is 357. The Labute approximate surface area is 106 Å². The Balaban J connectivity index is 0.000000187. The molecule has 1 saturated carbocycles. The fourth-order valence-electron chi connectivity index (χ4n) is 0.833. The molecular formula is C12H20S3. The summed E-state index contributed by atoms with van der Waals surface area (Å²) < 4.78 is 1.01. The lowest BCUT2D eigenvalue weighted by Crippen LogP contribution is -2.07. The van der Waals surface area contributed by atoms with E-state index in [1.54, 1.807) is 20.7 Å². The molecule has 1 aromatic heterocycles. The molecule has 0 bridgehead atoms. The molecule has 0 N–H and O–H groups in total. The fraction of sp³-hybridized carbons (Fsp3) is 0.750. The molecule has 0 saturated heterocycles. The summed E-state index contributed by atoms with van der Waals surface area (Å²) in [5.41, 5.74) is 1.03. The monoisotopic (exact) mass is 260 g/mol. The molecule has 15 heavy (non-hydrogen) atoms. The van der Waals surface area contributed by atoms with Crippen molar-refractivity contribution < 1.29 is 0 Å². The summed E-state index contributed by atoms with van der Waals surface area (Å²) in [7, 11) is 3.48. The Morgan fingerprint density at radius 1 is 1.20 bits per heavy atom. The van der Waals surface area contributed by atoms with Gasteiger partial charge in [-0.3, -0.25) is 0 Å². The van der Waals surface area contributed by atoms with Crippen LogP contribution in [0, 0.1) is 9.24 Å². The molecule has 3 heteroatoms. The normalized spacial score (nSPS) is 17.9. The van der Waals surface area contributed by atoms with E-state index in [4.69, 9.17) is 12.2 Å². The Morgan fingerprint density at radius 2 is 1.67 bits per heavy atom. The summed E-state index contributed by atoms with van der Waals surface area (Å²) in [4.78, 5) is 1.39. The molecular weight excluding hydrogens is 240 g/mol. The van der Waals surface area contributed by atoms with Crippen LogP contribution in [0.15, 0.2) is 6.07 Å². The highest BCUT2D eigenvalue weighted by Crippen LogP contribution is 2.43. The van der Waals surface area contributed by atoms with Gasteiger partial charge in [0.2, 0.25) is 0 Å². The summed E-state index contributed by atoms with van der Waals surface area (Å²) in [5.74, 6) is 0. The lowest BCUT2D eigenvalue weighted by atomic mass is 9.95. The van der Waals surface area contributed by atoms with Crippen LogP contribution in [-0.2, 0) is 5.41 Å². The summed E-state index contributed by atoms with van der Waals surface area (Å²) in [6.45, 7) is 11.2. The molecule has 1 heterocycles. The lowest BCUT2D eigenvalue weighted by Gasteiger charge is -2.14. The zero-order valence-electron chi connectivity index (χ0n) is 10.2. The van der Waals surface area contributed by atoms with Gasteiger partial charge >= 0.3 is 0 Å². The molecule has 1 aromatic rings. The van der Waals surface area contributed by atoms with Gasteiger partial charge in [0, 0.05) is 4.88 Å². The fourth-order valence-corrected chi connectivity index (χ4v) is 3.71. The van der Waals surface area contributed by atoms with Crippen molar-refractivity contribution in [2.75, 3.05) is 0 Å². The Morgan fingerprint density at radius 3 is 1.80 bits per heavy atom. The van der Waals surface area contributed by atoms with Crippen molar-refractivity contribution in [3.05, 3.63) is 14.8 Å². The van der Waals surface area contributed by atoms with Crippen molar-refractivity contribution >= 4 is 32.9 Å². The molecule has 0 atom stereocenters. The average Bonchev–Trinajstić information content (AvgIpc) is 2.61. The second-order valence-corrected chi connectivity index (χ2v) is 8.82. The maximum Gasteiger partial charge on any atom is 0.102 e. The minimum atomic E-state index is 0.276. The largest absolute Gasteiger partial charge is 0.102 e. The first-order chi connectivity index (χ1) is 6.71. The van der Waals surface area contributed by atoms with E-state index >= 15 is 0 Å². The van der Waals surface area contributed by atoms with E-state index in [1.807, 2.05) is 0 Å². The average molecular weight is 260 g/mol. The molecule has 0 unspecified atom stereocenters. The summed E-state index contributed by atoms with van der Waals surface area (Å²) in [6.07, 6.45) is 2.90. The Hall–Kier alpha value is 0.270. The molecule has 1 aliphatic rings. The van der Waals surface area contributed by atoms with Crippen molar-refractivity contribution in [3.63, 3.8) is 0 Å². The first-order valence-corrected chi connectivity index (χ1v) is 7.87. The van der Waals surface area contributed by atoms with Crippen molar-refractivity contribution in [2.24, 2.45) is 5.41 Å². The first-order valence-electron chi connectivity index (χ1n) is 5.31. The molecule has 86 valence electrons. The highest BCUT2D eigenvalue weighted by atomic mass is 32.9. The quantitative estimate of drug-likeness (QED) is 0.429.